The Morgan fingerprint density at radius 1 is 1.19 bits per heavy atom. The highest BCUT2D eigenvalue weighted by Gasteiger charge is 2.10. The molecule has 0 bridgehead atoms. The second-order valence-electron chi connectivity index (χ2n) is 5.34. The van der Waals surface area contributed by atoms with Gasteiger partial charge < -0.3 is 5.32 Å². The summed E-state index contributed by atoms with van der Waals surface area (Å²) in [7, 11) is 0. The zero-order valence-electron chi connectivity index (χ0n) is 12.6. The lowest BCUT2D eigenvalue weighted by Crippen LogP contribution is -2.32. The molecule has 112 valence electrons. The molecule has 0 aliphatic rings. The van der Waals surface area contributed by atoms with Crippen molar-refractivity contribution < 1.29 is 4.39 Å². The molecule has 0 radical (unpaired) electrons. The minimum absolute atomic E-state index is 0.161. The quantitative estimate of drug-likeness (QED) is 0.799. The van der Waals surface area contributed by atoms with E-state index in [1.807, 2.05) is 24.4 Å². The molecule has 2 rings (SSSR count). The van der Waals surface area contributed by atoms with Gasteiger partial charge in [0.25, 0.3) is 0 Å². The van der Waals surface area contributed by atoms with Crippen LogP contribution in [-0.2, 0) is 12.8 Å². The minimum Gasteiger partial charge on any atom is -0.314 e. The normalized spacial score (nSPS) is 12.3. The van der Waals surface area contributed by atoms with Crippen molar-refractivity contribution >= 4 is 0 Å². The van der Waals surface area contributed by atoms with Gasteiger partial charge in [0.2, 0.25) is 0 Å². The molecule has 0 aliphatic heterocycles. The molecule has 0 aliphatic carbocycles. The smallest absolute Gasteiger partial charge is 0.123 e. The molecular formula is C18H23FN2. The first-order valence-electron chi connectivity index (χ1n) is 7.65. The van der Waals surface area contributed by atoms with E-state index in [1.165, 1.54) is 6.07 Å². The van der Waals surface area contributed by atoms with Gasteiger partial charge in [0.05, 0.1) is 0 Å². The largest absolute Gasteiger partial charge is 0.314 e. The average Bonchev–Trinajstić information content (AvgIpc) is 2.51. The molecule has 0 amide bonds. The number of aryl methyl sites for hydroxylation is 1. The van der Waals surface area contributed by atoms with E-state index in [0.29, 0.717) is 6.04 Å². The molecule has 1 atom stereocenters. The Morgan fingerprint density at radius 2 is 2.10 bits per heavy atom. The van der Waals surface area contributed by atoms with Gasteiger partial charge in [-0.05, 0) is 62.1 Å². The van der Waals surface area contributed by atoms with Crippen LogP contribution in [0.25, 0.3) is 0 Å². The predicted molar refractivity (Wildman–Crippen MR) is 84.7 cm³/mol. The molecule has 1 aromatic heterocycles. The Morgan fingerprint density at radius 3 is 2.81 bits per heavy atom. The van der Waals surface area contributed by atoms with E-state index in [1.54, 1.807) is 12.1 Å². The van der Waals surface area contributed by atoms with Crippen molar-refractivity contribution in [2.24, 2.45) is 0 Å². The van der Waals surface area contributed by atoms with Gasteiger partial charge in [-0.15, -0.1) is 0 Å². The predicted octanol–water partition coefficient (Wildman–Crippen LogP) is 3.76. The van der Waals surface area contributed by atoms with Crippen molar-refractivity contribution in [3.63, 3.8) is 0 Å². The van der Waals surface area contributed by atoms with Crippen LogP contribution in [0.5, 0.6) is 0 Å². The van der Waals surface area contributed by atoms with E-state index < -0.39 is 0 Å². The molecule has 1 unspecified atom stereocenters. The maximum Gasteiger partial charge on any atom is 0.123 e. The van der Waals surface area contributed by atoms with Gasteiger partial charge in [0, 0.05) is 17.9 Å². The van der Waals surface area contributed by atoms with Crippen molar-refractivity contribution in [1.29, 1.82) is 0 Å². The SMILES string of the molecule is CCCNC(CCc1ccccn1)Cc1cccc(F)c1. The number of rotatable bonds is 8. The first-order valence-corrected chi connectivity index (χ1v) is 7.65. The number of pyridine rings is 1. The standard InChI is InChI=1S/C18H23FN2/c1-2-11-20-18(10-9-17-8-3-4-12-21-17)14-15-6-5-7-16(19)13-15/h3-8,12-13,18,20H,2,9-11,14H2,1H3. The highest BCUT2D eigenvalue weighted by molar-refractivity contribution is 5.17. The summed E-state index contributed by atoms with van der Waals surface area (Å²) < 4.78 is 13.3. The maximum atomic E-state index is 13.3. The first-order chi connectivity index (χ1) is 10.3. The van der Waals surface area contributed by atoms with Gasteiger partial charge in [-0.1, -0.05) is 25.1 Å². The second kappa shape index (κ2) is 8.53. The minimum atomic E-state index is -0.161. The van der Waals surface area contributed by atoms with Crippen LogP contribution in [0.1, 0.15) is 31.0 Å². The summed E-state index contributed by atoms with van der Waals surface area (Å²) in [5.41, 5.74) is 2.16. The Balaban J connectivity index is 1.94. The second-order valence-corrected chi connectivity index (χ2v) is 5.34. The van der Waals surface area contributed by atoms with E-state index in [2.05, 4.69) is 23.3 Å². The molecule has 3 heteroatoms. The molecule has 0 spiro atoms. The monoisotopic (exact) mass is 286 g/mol. The van der Waals surface area contributed by atoms with E-state index >= 15 is 0 Å². The molecule has 1 aromatic carbocycles. The molecule has 2 nitrogen and oxygen atoms in total. The third-order valence-corrected chi connectivity index (χ3v) is 3.53. The molecule has 0 saturated carbocycles. The fourth-order valence-electron chi connectivity index (χ4n) is 2.44. The number of hydrogen-bond acceptors (Lipinski definition) is 2. The molecule has 21 heavy (non-hydrogen) atoms. The number of nitrogens with one attached hydrogen (secondary N) is 1. The highest BCUT2D eigenvalue weighted by Crippen LogP contribution is 2.11. The maximum absolute atomic E-state index is 13.3. The van der Waals surface area contributed by atoms with Crippen molar-refractivity contribution in [1.82, 2.24) is 10.3 Å². The average molecular weight is 286 g/mol. The third kappa shape index (κ3) is 5.64. The molecule has 0 fully saturated rings. The molecule has 2 aromatic rings. The van der Waals surface area contributed by atoms with Crippen LogP contribution in [0.15, 0.2) is 48.7 Å². The van der Waals surface area contributed by atoms with Crippen LogP contribution in [0, 0.1) is 5.82 Å². The van der Waals surface area contributed by atoms with Gasteiger partial charge in [-0.25, -0.2) is 4.39 Å². The Hall–Kier alpha value is -1.74. The first kappa shape index (κ1) is 15.6. The van der Waals surface area contributed by atoms with Crippen molar-refractivity contribution in [2.45, 2.75) is 38.6 Å². The van der Waals surface area contributed by atoms with Crippen LogP contribution < -0.4 is 5.32 Å². The summed E-state index contributed by atoms with van der Waals surface area (Å²) >= 11 is 0. The summed E-state index contributed by atoms with van der Waals surface area (Å²) in [6.07, 6.45) is 5.73. The molecule has 1 heterocycles. The van der Waals surface area contributed by atoms with E-state index in [-0.39, 0.29) is 5.82 Å². The van der Waals surface area contributed by atoms with Gasteiger partial charge >= 0.3 is 0 Å². The highest BCUT2D eigenvalue weighted by atomic mass is 19.1. The zero-order chi connectivity index (χ0) is 14.9. The van der Waals surface area contributed by atoms with Crippen LogP contribution in [0.2, 0.25) is 0 Å². The van der Waals surface area contributed by atoms with Crippen molar-refractivity contribution in [3.8, 4) is 0 Å². The van der Waals surface area contributed by atoms with Gasteiger partial charge in [-0.3, -0.25) is 4.98 Å². The zero-order valence-corrected chi connectivity index (χ0v) is 12.6. The van der Waals surface area contributed by atoms with Gasteiger partial charge in [0.15, 0.2) is 0 Å². The fraction of sp³-hybridized carbons (Fsp3) is 0.389. The Bertz CT molecular complexity index is 528. The summed E-state index contributed by atoms with van der Waals surface area (Å²) in [6.45, 7) is 3.15. The van der Waals surface area contributed by atoms with Gasteiger partial charge in [0.1, 0.15) is 5.82 Å². The lowest BCUT2D eigenvalue weighted by atomic mass is 10.0. The van der Waals surface area contributed by atoms with Crippen molar-refractivity contribution in [2.75, 3.05) is 6.54 Å². The Labute approximate surface area is 126 Å². The van der Waals surface area contributed by atoms with Crippen LogP contribution >= 0.6 is 0 Å². The van der Waals surface area contributed by atoms with Crippen LogP contribution in [0.4, 0.5) is 4.39 Å². The lowest BCUT2D eigenvalue weighted by Gasteiger charge is -2.18. The van der Waals surface area contributed by atoms with Gasteiger partial charge in [-0.2, -0.15) is 0 Å². The third-order valence-electron chi connectivity index (χ3n) is 3.53. The molecule has 0 saturated heterocycles. The van der Waals surface area contributed by atoms with Crippen LogP contribution in [-0.4, -0.2) is 17.6 Å². The van der Waals surface area contributed by atoms with Crippen LogP contribution in [0.3, 0.4) is 0 Å². The van der Waals surface area contributed by atoms with Crippen molar-refractivity contribution in [3.05, 3.63) is 65.7 Å². The summed E-state index contributed by atoms with van der Waals surface area (Å²) in [6, 6.07) is 13.2. The topological polar surface area (TPSA) is 24.9 Å². The fourth-order valence-corrected chi connectivity index (χ4v) is 2.44. The number of aromatic nitrogens is 1. The van der Waals surface area contributed by atoms with E-state index in [0.717, 1.165) is 43.5 Å². The summed E-state index contributed by atoms with van der Waals surface area (Å²) in [5, 5.41) is 3.56. The Kier molecular flexibility index (Phi) is 6.35. The number of halogens is 1. The lowest BCUT2D eigenvalue weighted by molar-refractivity contribution is 0.474. The number of benzene rings is 1. The number of nitrogens with zero attached hydrogens (tertiary/aromatic N) is 1. The van der Waals surface area contributed by atoms with E-state index in [9.17, 15) is 4.39 Å². The molecule has 1 N–H and O–H groups in total. The summed E-state index contributed by atoms with van der Waals surface area (Å²) in [5.74, 6) is -0.161. The summed E-state index contributed by atoms with van der Waals surface area (Å²) in [4.78, 5) is 4.36. The number of hydrogen-bond donors (Lipinski definition) is 1. The van der Waals surface area contributed by atoms with E-state index in [4.69, 9.17) is 0 Å². The molecular weight excluding hydrogens is 263 g/mol.